The molecule has 5 rings (SSSR count). The second-order valence-corrected chi connectivity index (χ2v) is 8.24. The van der Waals surface area contributed by atoms with Crippen molar-refractivity contribution >= 4 is 12.1 Å². The van der Waals surface area contributed by atoms with E-state index >= 15 is 0 Å². The Labute approximate surface area is 138 Å². The van der Waals surface area contributed by atoms with Gasteiger partial charge in [-0.1, -0.05) is 24.3 Å². The maximum Gasteiger partial charge on any atom is 0.240 e. The summed E-state index contributed by atoms with van der Waals surface area (Å²) in [4.78, 5) is 12.4. The largest absolute Gasteiger partial charge is 0.273 e. The highest BCUT2D eigenvalue weighted by atomic mass is 16.2. The minimum Gasteiger partial charge on any atom is -0.273 e. The Morgan fingerprint density at radius 1 is 1.17 bits per heavy atom. The molecule has 0 atom stereocenters. The summed E-state index contributed by atoms with van der Waals surface area (Å²) in [6, 6.07) is 8.08. The first-order chi connectivity index (χ1) is 11.1. The van der Waals surface area contributed by atoms with Gasteiger partial charge in [-0.3, -0.25) is 4.79 Å². The molecule has 3 nitrogen and oxygen atoms in total. The van der Waals surface area contributed by atoms with E-state index in [1.807, 2.05) is 18.2 Å². The molecule has 4 bridgehead atoms. The van der Waals surface area contributed by atoms with Gasteiger partial charge in [0.15, 0.2) is 0 Å². The van der Waals surface area contributed by atoms with Crippen LogP contribution in [0.5, 0.6) is 0 Å². The monoisotopic (exact) mass is 310 g/mol. The Hall–Kier alpha value is -1.64. The van der Waals surface area contributed by atoms with Gasteiger partial charge in [0.05, 0.1) is 6.21 Å². The summed E-state index contributed by atoms with van der Waals surface area (Å²) >= 11 is 0. The first kappa shape index (κ1) is 14.9. The normalized spacial score (nSPS) is 34.9. The molecule has 0 radical (unpaired) electrons. The van der Waals surface area contributed by atoms with Crippen molar-refractivity contribution in [1.29, 1.82) is 0 Å². The fourth-order valence-electron chi connectivity index (χ4n) is 5.79. The fraction of sp³-hybridized carbons (Fsp3) is 0.600. The Bertz CT molecular complexity index is 599. The summed E-state index contributed by atoms with van der Waals surface area (Å²) in [5.41, 5.74) is 5.28. The van der Waals surface area contributed by atoms with Crippen LogP contribution in [0.3, 0.4) is 0 Å². The zero-order valence-electron chi connectivity index (χ0n) is 13.9. The number of amides is 1. The van der Waals surface area contributed by atoms with Crippen LogP contribution in [0.15, 0.2) is 29.4 Å². The molecule has 122 valence electrons. The van der Waals surface area contributed by atoms with Crippen LogP contribution in [0, 0.1) is 30.1 Å². The van der Waals surface area contributed by atoms with Gasteiger partial charge in [0.25, 0.3) is 0 Å². The van der Waals surface area contributed by atoms with Gasteiger partial charge in [-0.2, -0.15) is 5.10 Å². The van der Waals surface area contributed by atoms with Gasteiger partial charge in [0.1, 0.15) is 0 Å². The van der Waals surface area contributed by atoms with Crippen LogP contribution < -0.4 is 5.43 Å². The van der Waals surface area contributed by atoms with Crippen LogP contribution >= 0.6 is 0 Å². The third-order valence-corrected chi connectivity index (χ3v) is 6.28. The van der Waals surface area contributed by atoms with Gasteiger partial charge < -0.3 is 0 Å². The number of benzene rings is 1. The fourth-order valence-corrected chi connectivity index (χ4v) is 5.79. The molecule has 0 aromatic heterocycles. The predicted molar refractivity (Wildman–Crippen MR) is 92.1 cm³/mol. The summed E-state index contributed by atoms with van der Waals surface area (Å²) in [6.45, 7) is 2.05. The Balaban J connectivity index is 1.36. The molecule has 3 heteroatoms. The maximum absolute atomic E-state index is 12.4. The maximum atomic E-state index is 12.4. The van der Waals surface area contributed by atoms with E-state index in [1.165, 1.54) is 44.1 Å². The minimum absolute atomic E-state index is 0.0942. The van der Waals surface area contributed by atoms with Crippen molar-refractivity contribution in [3.63, 3.8) is 0 Å². The summed E-state index contributed by atoms with van der Waals surface area (Å²) < 4.78 is 0. The zero-order chi connectivity index (χ0) is 15.9. The molecule has 4 aliphatic rings. The van der Waals surface area contributed by atoms with Gasteiger partial charge in [-0.25, -0.2) is 5.43 Å². The molecular weight excluding hydrogens is 284 g/mol. The van der Waals surface area contributed by atoms with Gasteiger partial charge >= 0.3 is 0 Å². The van der Waals surface area contributed by atoms with E-state index in [-0.39, 0.29) is 11.3 Å². The Morgan fingerprint density at radius 2 is 1.78 bits per heavy atom. The Kier molecular flexibility index (Phi) is 3.74. The van der Waals surface area contributed by atoms with Gasteiger partial charge in [0, 0.05) is 6.42 Å². The van der Waals surface area contributed by atoms with Gasteiger partial charge in [-0.05, 0) is 79.7 Å². The zero-order valence-corrected chi connectivity index (χ0v) is 13.9. The topological polar surface area (TPSA) is 41.5 Å². The SMILES string of the molecule is Cc1ccccc1/C=N\NC(=O)CC12CC3CC(CC(C3)C1)C2. The van der Waals surface area contributed by atoms with E-state index < -0.39 is 0 Å². The van der Waals surface area contributed by atoms with Crippen molar-refractivity contribution in [1.82, 2.24) is 5.43 Å². The average molecular weight is 310 g/mol. The van der Waals surface area contributed by atoms with Gasteiger partial charge in [-0.15, -0.1) is 0 Å². The van der Waals surface area contributed by atoms with Crippen molar-refractivity contribution < 1.29 is 4.79 Å². The van der Waals surface area contributed by atoms with E-state index in [1.54, 1.807) is 6.21 Å². The van der Waals surface area contributed by atoms with Gasteiger partial charge in [0.2, 0.25) is 5.91 Å². The highest BCUT2D eigenvalue weighted by Crippen LogP contribution is 2.61. The number of hydrogen-bond donors (Lipinski definition) is 1. The van der Waals surface area contributed by atoms with Crippen molar-refractivity contribution in [2.75, 3.05) is 0 Å². The molecular formula is C20H26N2O. The number of aryl methyl sites for hydroxylation is 1. The summed E-state index contributed by atoms with van der Waals surface area (Å²) in [6.07, 6.45) is 10.5. The number of carbonyl (C=O) groups is 1. The van der Waals surface area contributed by atoms with E-state index in [0.717, 1.165) is 23.3 Å². The van der Waals surface area contributed by atoms with Crippen molar-refractivity contribution in [2.45, 2.75) is 51.9 Å². The average Bonchev–Trinajstić information content (AvgIpc) is 2.47. The molecule has 0 unspecified atom stereocenters. The van der Waals surface area contributed by atoms with E-state index in [9.17, 15) is 4.79 Å². The molecule has 0 spiro atoms. The molecule has 1 N–H and O–H groups in total. The summed E-state index contributed by atoms with van der Waals surface area (Å²) in [5, 5.41) is 4.18. The second-order valence-electron chi connectivity index (χ2n) is 8.24. The van der Waals surface area contributed by atoms with Crippen molar-refractivity contribution in [3.8, 4) is 0 Å². The molecule has 0 heterocycles. The standard InChI is InChI=1S/C20H26N2O/c1-14-4-2-3-5-18(14)13-21-22-19(23)12-20-9-15-6-16(10-20)8-17(7-15)11-20/h2-5,13,15-17H,6-12H2,1H3,(H,22,23)/b21-13-. The molecule has 1 aromatic rings. The molecule has 0 saturated heterocycles. The van der Waals surface area contributed by atoms with Crippen molar-refractivity contribution in [3.05, 3.63) is 35.4 Å². The molecule has 4 aliphatic carbocycles. The minimum atomic E-state index is 0.0942. The van der Waals surface area contributed by atoms with Crippen LogP contribution in [0.2, 0.25) is 0 Å². The predicted octanol–water partition coefficient (Wildman–Crippen LogP) is 4.05. The molecule has 23 heavy (non-hydrogen) atoms. The van der Waals surface area contributed by atoms with Crippen LogP contribution in [-0.2, 0) is 4.79 Å². The summed E-state index contributed by atoms with van der Waals surface area (Å²) in [7, 11) is 0. The van der Waals surface area contributed by atoms with Crippen molar-refractivity contribution in [2.24, 2.45) is 28.3 Å². The lowest BCUT2D eigenvalue weighted by molar-refractivity contribution is -0.129. The number of hydrazone groups is 1. The second kappa shape index (κ2) is 5.77. The van der Waals surface area contributed by atoms with Crippen LogP contribution in [-0.4, -0.2) is 12.1 Å². The lowest BCUT2D eigenvalue weighted by Crippen LogP contribution is -2.47. The lowest BCUT2D eigenvalue weighted by atomic mass is 9.49. The number of rotatable bonds is 4. The molecule has 4 saturated carbocycles. The highest BCUT2D eigenvalue weighted by Gasteiger charge is 2.51. The smallest absolute Gasteiger partial charge is 0.240 e. The Morgan fingerprint density at radius 3 is 2.39 bits per heavy atom. The van der Waals surface area contributed by atoms with E-state index in [0.29, 0.717) is 6.42 Å². The highest BCUT2D eigenvalue weighted by molar-refractivity contribution is 5.83. The lowest BCUT2D eigenvalue weighted by Gasteiger charge is -2.56. The third-order valence-electron chi connectivity index (χ3n) is 6.28. The number of nitrogens with one attached hydrogen (secondary N) is 1. The van der Waals surface area contributed by atoms with E-state index in [2.05, 4.69) is 23.5 Å². The van der Waals surface area contributed by atoms with E-state index in [4.69, 9.17) is 0 Å². The molecule has 1 amide bonds. The first-order valence-corrected chi connectivity index (χ1v) is 8.99. The molecule has 4 fully saturated rings. The third kappa shape index (κ3) is 3.06. The first-order valence-electron chi connectivity index (χ1n) is 8.99. The summed E-state index contributed by atoms with van der Waals surface area (Å²) in [5.74, 6) is 2.77. The quantitative estimate of drug-likeness (QED) is 0.661. The number of nitrogens with zero attached hydrogens (tertiary/aromatic N) is 1. The molecule has 0 aliphatic heterocycles. The molecule has 1 aromatic carbocycles. The van der Waals surface area contributed by atoms with Crippen LogP contribution in [0.25, 0.3) is 0 Å². The number of carbonyl (C=O) groups excluding carboxylic acids is 1. The number of hydrogen-bond acceptors (Lipinski definition) is 2. The van der Waals surface area contributed by atoms with Crippen LogP contribution in [0.4, 0.5) is 0 Å². The van der Waals surface area contributed by atoms with Crippen LogP contribution in [0.1, 0.15) is 56.1 Å².